The lowest BCUT2D eigenvalue weighted by molar-refractivity contribution is -0.0360. The number of aromatic amines is 1. The molecule has 7 heteroatoms. The summed E-state index contributed by atoms with van der Waals surface area (Å²) in [6.07, 6.45) is 4.29. The number of hydrogen-bond acceptors (Lipinski definition) is 4. The van der Waals surface area contributed by atoms with Gasteiger partial charge in [0, 0.05) is 24.1 Å². The van der Waals surface area contributed by atoms with Gasteiger partial charge >= 0.3 is 0 Å². The summed E-state index contributed by atoms with van der Waals surface area (Å²) < 4.78 is 11.9. The molecule has 1 heterocycles. The topological polar surface area (TPSA) is 60.0 Å². The van der Waals surface area contributed by atoms with Crippen molar-refractivity contribution in [3.05, 3.63) is 70.2 Å². The molecule has 1 aromatic heterocycles. The monoisotopic (exact) mass is 403 g/mol. The van der Waals surface area contributed by atoms with E-state index >= 15 is 0 Å². The zero-order valence-electron chi connectivity index (χ0n) is 14.8. The maximum absolute atomic E-state index is 6.67. The van der Waals surface area contributed by atoms with Crippen LogP contribution in [0.2, 0.25) is 10.0 Å². The van der Waals surface area contributed by atoms with Crippen molar-refractivity contribution in [1.82, 2.24) is 15.2 Å². The van der Waals surface area contributed by atoms with E-state index in [0.717, 1.165) is 24.2 Å². The number of aromatic nitrogens is 3. The summed E-state index contributed by atoms with van der Waals surface area (Å²) >= 11 is 12.6. The molecule has 0 radical (unpaired) electrons. The Morgan fingerprint density at radius 3 is 2.44 bits per heavy atom. The Morgan fingerprint density at radius 1 is 1.11 bits per heavy atom. The molecule has 2 aromatic carbocycles. The standard InChI is InChI=1S/C20H19Cl2N3O2/c1-26-20(13-2-3-13,11-19-23-12-24-25-19)17-9-8-16(10-18(17)22)27-15-6-4-14(21)5-7-15/h4-10,12-13H,2-3,11H2,1H3,(H,23,24,25). The number of halogens is 2. The summed E-state index contributed by atoms with van der Waals surface area (Å²) in [5, 5.41) is 8.15. The van der Waals surface area contributed by atoms with Crippen LogP contribution in [0.3, 0.4) is 0 Å². The minimum absolute atomic E-state index is 0.396. The van der Waals surface area contributed by atoms with Gasteiger partial charge < -0.3 is 9.47 Å². The smallest absolute Gasteiger partial charge is 0.137 e. The van der Waals surface area contributed by atoms with Crippen molar-refractivity contribution in [2.75, 3.05) is 7.11 Å². The predicted octanol–water partition coefficient (Wildman–Crippen LogP) is 5.40. The number of nitrogens with one attached hydrogen (secondary N) is 1. The third kappa shape index (κ3) is 3.81. The van der Waals surface area contributed by atoms with Gasteiger partial charge in [-0.25, -0.2) is 4.98 Å². The summed E-state index contributed by atoms with van der Waals surface area (Å²) in [5.41, 5.74) is 0.407. The molecule has 0 aliphatic heterocycles. The number of benzene rings is 2. The molecule has 1 atom stereocenters. The Hall–Kier alpha value is -2.08. The molecule has 5 nitrogen and oxygen atoms in total. The molecule has 4 rings (SSSR count). The molecule has 27 heavy (non-hydrogen) atoms. The van der Waals surface area contributed by atoms with Crippen molar-refractivity contribution in [3.63, 3.8) is 0 Å². The first-order valence-corrected chi connectivity index (χ1v) is 9.49. The largest absolute Gasteiger partial charge is 0.457 e. The molecule has 3 aromatic rings. The number of methoxy groups -OCH3 is 1. The second-order valence-corrected chi connectivity index (χ2v) is 7.52. The van der Waals surface area contributed by atoms with Crippen LogP contribution in [0.1, 0.15) is 24.2 Å². The Morgan fingerprint density at radius 2 is 1.85 bits per heavy atom. The van der Waals surface area contributed by atoms with Crippen LogP contribution in [0.25, 0.3) is 0 Å². The summed E-state index contributed by atoms with van der Waals surface area (Å²) in [7, 11) is 1.73. The van der Waals surface area contributed by atoms with Gasteiger partial charge in [-0.3, -0.25) is 5.10 Å². The van der Waals surface area contributed by atoms with E-state index in [-0.39, 0.29) is 0 Å². The van der Waals surface area contributed by atoms with Crippen LogP contribution in [0.15, 0.2) is 48.8 Å². The second kappa shape index (κ2) is 7.50. The molecule has 140 valence electrons. The fourth-order valence-corrected chi connectivity index (χ4v) is 3.92. The van der Waals surface area contributed by atoms with Gasteiger partial charge in [-0.05, 0) is 55.2 Å². The van der Waals surface area contributed by atoms with Gasteiger partial charge in [0.25, 0.3) is 0 Å². The minimum Gasteiger partial charge on any atom is -0.457 e. The second-order valence-electron chi connectivity index (χ2n) is 6.67. The van der Waals surface area contributed by atoms with Crippen LogP contribution in [0.5, 0.6) is 11.5 Å². The minimum atomic E-state index is -0.532. The Kier molecular flexibility index (Phi) is 5.08. The molecule has 0 saturated heterocycles. The maximum Gasteiger partial charge on any atom is 0.137 e. The summed E-state index contributed by atoms with van der Waals surface area (Å²) in [4.78, 5) is 4.27. The normalized spacial score (nSPS) is 16.1. The van der Waals surface area contributed by atoms with Crippen molar-refractivity contribution < 1.29 is 9.47 Å². The molecule has 1 saturated carbocycles. The van der Waals surface area contributed by atoms with Gasteiger partial charge in [-0.1, -0.05) is 29.3 Å². The first kappa shape index (κ1) is 18.3. The highest BCUT2D eigenvalue weighted by Crippen LogP contribution is 2.51. The lowest BCUT2D eigenvalue weighted by atomic mass is 9.85. The van der Waals surface area contributed by atoms with E-state index in [1.54, 1.807) is 19.2 Å². The lowest BCUT2D eigenvalue weighted by Crippen LogP contribution is -2.34. The van der Waals surface area contributed by atoms with Gasteiger partial charge in [-0.15, -0.1) is 0 Å². The third-order valence-electron chi connectivity index (χ3n) is 4.94. The highest BCUT2D eigenvalue weighted by atomic mass is 35.5. The van der Waals surface area contributed by atoms with Gasteiger partial charge in [0.15, 0.2) is 0 Å². The molecule has 1 aliphatic carbocycles. The Labute approximate surface area is 167 Å². The van der Waals surface area contributed by atoms with E-state index in [9.17, 15) is 0 Å². The molecule has 1 N–H and O–H groups in total. The first-order chi connectivity index (χ1) is 13.1. The molecule has 1 unspecified atom stereocenters. The fraction of sp³-hybridized carbons (Fsp3) is 0.300. The average Bonchev–Trinajstić information content (AvgIpc) is 3.40. The van der Waals surface area contributed by atoms with Crippen LogP contribution < -0.4 is 4.74 Å². The van der Waals surface area contributed by atoms with Crippen molar-refractivity contribution in [3.8, 4) is 11.5 Å². The van der Waals surface area contributed by atoms with Crippen molar-refractivity contribution >= 4 is 23.2 Å². The van der Waals surface area contributed by atoms with Crippen LogP contribution in [-0.4, -0.2) is 22.3 Å². The van der Waals surface area contributed by atoms with Gasteiger partial charge in [-0.2, -0.15) is 5.10 Å². The number of rotatable bonds is 7. The third-order valence-corrected chi connectivity index (χ3v) is 5.51. The maximum atomic E-state index is 6.67. The summed E-state index contributed by atoms with van der Waals surface area (Å²) in [6, 6.07) is 12.9. The lowest BCUT2D eigenvalue weighted by Gasteiger charge is -2.33. The first-order valence-electron chi connectivity index (χ1n) is 8.73. The zero-order chi connectivity index (χ0) is 18.9. The number of nitrogens with zero attached hydrogens (tertiary/aromatic N) is 2. The Bertz CT molecular complexity index is 911. The molecule has 0 amide bonds. The number of H-pyrrole nitrogens is 1. The van der Waals surface area contributed by atoms with E-state index in [2.05, 4.69) is 15.2 Å². The van der Waals surface area contributed by atoms with E-state index in [4.69, 9.17) is 32.7 Å². The van der Waals surface area contributed by atoms with Crippen LogP contribution in [0, 0.1) is 5.92 Å². The molecular weight excluding hydrogens is 385 g/mol. The van der Waals surface area contributed by atoms with Crippen molar-refractivity contribution in [2.24, 2.45) is 5.92 Å². The van der Waals surface area contributed by atoms with E-state index < -0.39 is 5.60 Å². The molecule has 0 bridgehead atoms. The number of ether oxygens (including phenoxy) is 2. The van der Waals surface area contributed by atoms with Crippen LogP contribution in [-0.2, 0) is 16.8 Å². The summed E-state index contributed by atoms with van der Waals surface area (Å²) in [6.45, 7) is 0. The highest BCUT2D eigenvalue weighted by molar-refractivity contribution is 6.31. The molecular formula is C20H19Cl2N3O2. The number of hydrogen-bond donors (Lipinski definition) is 1. The van der Waals surface area contributed by atoms with E-state index in [1.165, 1.54) is 6.33 Å². The highest BCUT2D eigenvalue weighted by Gasteiger charge is 2.48. The quantitative estimate of drug-likeness (QED) is 0.573. The van der Waals surface area contributed by atoms with Crippen molar-refractivity contribution in [2.45, 2.75) is 24.9 Å². The fourth-order valence-electron chi connectivity index (χ4n) is 3.46. The van der Waals surface area contributed by atoms with Gasteiger partial charge in [0.2, 0.25) is 0 Å². The summed E-state index contributed by atoms with van der Waals surface area (Å²) in [5.74, 6) is 2.53. The van der Waals surface area contributed by atoms with E-state index in [1.807, 2.05) is 30.3 Å². The molecule has 0 spiro atoms. The van der Waals surface area contributed by atoms with Crippen LogP contribution >= 0.6 is 23.2 Å². The SMILES string of the molecule is COC(Cc1ncn[nH]1)(c1ccc(Oc2ccc(Cl)cc2)cc1Cl)C1CC1. The molecule has 1 fully saturated rings. The molecule has 1 aliphatic rings. The van der Waals surface area contributed by atoms with E-state index in [0.29, 0.717) is 33.9 Å². The average molecular weight is 404 g/mol. The Balaban J connectivity index is 1.64. The van der Waals surface area contributed by atoms with Crippen molar-refractivity contribution in [1.29, 1.82) is 0 Å². The van der Waals surface area contributed by atoms with Gasteiger partial charge in [0.1, 0.15) is 29.3 Å². The zero-order valence-corrected chi connectivity index (χ0v) is 16.3. The predicted molar refractivity (Wildman–Crippen MR) is 104 cm³/mol. The van der Waals surface area contributed by atoms with Gasteiger partial charge in [0.05, 0.1) is 5.02 Å². The van der Waals surface area contributed by atoms with Crippen LogP contribution in [0.4, 0.5) is 0 Å².